The number of aliphatic hydroxyl groups is 1. The number of anilines is 1. The van der Waals surface area contributed by atoms with Gasteiger partial charge in [0, 0.05) is 18.0 Å². The number of hydrogen-bond donors (Lipinski definition) is 1. The molecule has 0 radical (unpaired) electrons. The molecular formula is C13H18N4O3S. The third-order valence-corrected chi connectivity index (χ3v) is 4.78. The van der Waals surface area contributed by atoms with Gasteiger partial charge in [0.15, 0.2) is 0 Å². The minimum atomic E-state index is -0.380. The highest BCUT2D eigenvalue weighted by Crippen LogP contribution is 2.35. The van der Waals surface area contributed by atoms with Gasteiger partial charge in [-0.2, -0.15) is 9.38 Å². The summed E-state index contributed by atoms with van der Waals surface area (Å²) >= 11 is 1.38. The van der Waals surface area contributed by atoms with Crippen molar-refractivity contribution in [1.82, 2.24) is 9.38 Å². The van der Waals surface area contributed by atoms with E-state index >= 15 is 0 Å². The summed E-state index contributed by atoms with van der Waals surface area (Å²) < 4.78 is 1.52. The average Bonchev–Trinajstić information content (AvgIpc) is 3.05. The second kappa shape index (κ2) is 5.98. The summed E-state index contributed by atoms with van der Waals surface area (Å²) in [6, 6.07) is 0.231. The van der Waals surface area contributed by atoms with Gasteiger partial charge >= 0.3 is 5.82 Å². The first-order valence-corrected chi connectivity index (χ1v) is 8.07. The van der Waals surface area contributed by atoms with Gasteiger partial charge in [-0.15, -0.1) is 0 Å². The third kappa shape index (κ3) is 2.60. The standard InChI is InChI=1S/C13H18N4O3S/c18-8-6-15(10-4-2-1-3-5-10)11-12(17(19)20)16-7-9-21-13(16)14-11/h7,9-10,18H,1-6,8H2. The summed E-state index contributed by atoms with van der Waals surface area (Å²) in [5.41, 5.74) is 0. The highest BCUT2D eigenvalue weighted by molar-refractivity contribution is 7.15. The van der Waals surface area contributed by atoms with Gasteiger partial charge in [0.25, 0.3) is 4.96 Å². The van der Waals surface area contributed by atoms with Crippen LogP contribution in [0.5, 0.6) is 0 Å². The molecule has 1 aliphatic carbocycles. The van der Waals surface area contributed by atoms with Crippen LogP contribution in [0.4, 0.5) is 11.6 Å². The lowest BCUT2D eigenvalue weighted by Crippen LogP contribution is -2.39. The topological polar surface area (TPSA) is 83.9 Å². The molecule has 0 saturated heterocycles. The second-order valence-electron chi connectivity index (χ2n) is 5.28. The Morgan fingerprint density at radius 1 is 1.48 bits per heavy atom. The number of rotatable bonds is 5. The third-order valence-electron chi connectivity index (χ3n) is 4.02. The van der Waals surface area contributed by atoms with E-state index in [4.69, 9.17) is 0 Å². The van der Waals surface area contributed by atoms with E-state index < -0.39 is 0 Å². The quantitative estimate of drug-likeness (QED) is 0.677. The Labute approximate surface area is 126 Å². The van der Waals surface area contributed by atoms with E-state index in [2.05, 4.69) is 4.98 Å². The van der Waals surface area contributed by atoms with Crippen LogP contribution in [0.25, 0.3) is 4.96 Å². The first-order valence-electron chi connectivity index (χ1n) is 7.20. The second-order valence-corrected chi connectivity index (χ2v) is 6.15. The van der Waals surface area contributed by atoms with E-state index in [1.807, 2.05) is 4.90 Å². The summed E-state index contributed by atoms with van der Waals surface area (Å²) in [6.07, 6.45) is 7.15. The Kier molecular flexibility index (Phi) is 4.07. The van der Waals surface area contributed by atoms with Gasteiger partial charge in [-0.05, 0) is 17.8 Å². The van der Waals surface area contributed by atoms with Gasteiger partial charge in [0.05, 0.1) is 6.61 Å². The summed E-state index contributed by atoms with van der Waals surface area (Å²) in [4.78, 5) is 18.1. The number of imidazole rings is 1. The molecule has 1 saturated carbocycles. The number of nitrogens with zero attached hydrogens (tertiary/aromatic N) is 4. The molecule has 2 aromatic rings. The van der Waals surface area contributed by atoms with Crippen LogP contribution < -0.4 is 4.90 Å². The zero-order valence-corrected chi connectivity index (χ0v) is 12.5. The van der Waals surface area contributed by atoms with E-state index in [0.29, 0.717) is 17.3 Å². The van der Waals surface area contributed by atoms with Crippen LogP contribution in [0.1, 0.15) is 32.1 Å². The largest absolute Gasteiger partial charge is 0.395 e. The van der Waals surface area contributed by atoms with E-state index in [9.17, 15) is 15.2 Å². The molecule has 0 spiro atoms. The summed E-state index contributed by atoms with van der Waals surface area (Å²) in [6.45, 7) is 0.356. The van der Waals surface area contributed by atoms with Crippen LogP contribution in [0.3, 0.4) is 0 Å². The van der Waals surface area contributed by atoms with E-state index in [-0.39, 0.29) is 23.4 Å². The molecule has 0 bridgehead atoms. The highest BCUT2D eigenvalue weighted by Gasteiger charge is 2.32. The molecule has 0 unspecified atom stereocenters. The first kappa shape index (κ1) is 14.3. The van der Waals surface area contributed by atoms with E-state index in [1.165, 1.54) is 22.2 Å². The average molecular weight is 310 g/mol. The Balaban J connectivity index is 2.03. The Hall–Kier alpha value is -1.67. The molecule has 114 valence electrons. The van der Waals surface area contributed by atoms with Crippen molar-refractivity contribution < 1.29 is 10.0 Å². The lowest BCUT2D eigenvalue weighted by atomic mass is 9.94. The predicted octanol–water partition coefficient (Wildman–Crippen LogP) is 2.44. The number of aromatic nitrogens is 2. The Morgan fingerprint density at radius 2 is 2.24 bits per heavy atom. The van der Waals surface area contributed by atoms with Crippen molar-refractivity contribution in [2.45, 2.75) is 38.1 Å². The SMILES string of the molecule is O=[N+]([O-])c1c(N(CCO)C2CCCCC2)nc2sccn12. The van der Waals surface area contributed by atoms with Gasteiger partial charge in [0.1, 0.15) is 6.20 Å². The van der Waals surface area contributed by atoms with E-state index in [1.54, 1.807) is 11.6 Å². The lowest BCUT2D eigenvalue weighted by Gasteiger charge is -2.33. The lowest BCUT2D eigenvalue weighted by molar-refractivity contribution is -0.389. The molecule has 21 heavy (non-hydrogen) atoms. The van der Waals surface area contributed by atoms with Crippen LogP contribution in [0, 0.1) is 10.1 Å². The van der Waals surface area contributed by atoms with Crippen LogP contribution in [0.15, 0.2) is 11.6 Å². The summed E-state index contributed by atoms with van der Waals surface area (Å²) in [5, 5.41) is 22.6. The van der Waals surface area contributed by atoms with Crippen molar-refractivity contribution in [3.05, 3.63) is 21.7 Å². The fraction of sp³-hybridized carbons (Fsp3) is 0.615. The molecule has 0 atom stereocenters. The summed E-state index contributed by atoms with van der Waals surface area (Å²) in [5.74, 6) is 0.401. The van der Waals surface area contributed by atoms with Gasteiger partial charge < -0.3 is 20.1 Å². The highest BCUT2D eigenvalue weighted by atomic mass is 32.1. The monoisotopic (exact) mass is 310 g/mol. The van der Waals surface area contributed by atoms with Crippen LogP contribution >= 0.6 is 11.3 Å². The molecular weight excluding hydrogens is 292 g/mol. The maximum Gasteiger partial charge on any atom is 0.373 e. The van der Waals surface area contributed by atoms with Gasteiger partial charge in [0.2, 0.25) is 5.82 Å². The molecule has 1 aliphatic rings. The maximum absolute atomic E-state index is 11.4. The van der Waals surface area contributed by atoms with Crippen LogP contribution in [-0.4, -0.2) is 38.6 Å². The van der Waals surface area contributed by atoms with Crippen molar-refractivity contribution in [3.8, 4) is 0 Å². The first-order chi connectivity index (χ1) is 10.2. The molecule has 2 heterocycles. The fourth-order valence-electron chi connectivity index (χ4n) is 3.09. The van der Waals surface area contributed by atoms with Crippen molar-refractivity contribution in [2.24, 2.45) is 0 Å². The van der Waals surface area contributed by atoms with Crippen molar-refractivity contribution >= 4 is 27.9 Å². The molecule has 0 amide bonds. The summed E-state index contributed by atoms with van der Waals surface area (Å²) in [7, 11) is 0. The van der Waals surface area contributed by atoms with Gasteiger partial charge in [-0.25, -0.2) is 0 Å². The van der Waals surface area contributed by atoms with E-state index in [0.717, 1.165) is 25.7 Å². The molecule has 1 N–H and O–H groups in total. The van der Waals surface area contributed by atoms with Crippen LogP contribution in [-0.2, 0) is 0 Å². The molecule has 2 aromatic heterocycles. The Morgan fingerprint density at radius 3 is 2.90 bits per heavy atom. The van der Waals surface area contributed by atoms with Gasteiger partial charge in [-0.3, -0.25) is 0 Å². The minimum absolute atomic E-state index is 0.00488. The molecule has 0 aliphatic heterocycles. The van der Waals surface area contributed by atoms with Crippen molar-refractivity contribution in [3.63, 3.8) is 0 Å². The molecule has 3 rings (SSSR count). The Bertz CT molecular complexity index is 632. The minimum Gasteiger partial charge on any atom is -0.395 e. The van der Waals surface area contributed by atoms with Crippen LogP contribution in [0.2, 0.25) is 0 Å². The number of fused-ring (bicyclic) bond motifs is 1. The maximum atomic E-state index is 11.4. The number of thiazole rings is 1. The normalized spacial score (nSPS) is 16.4. The van der Waals surface area contributed by atoms with Gasteiger partial charge in [-0.1, -0.05) is 30.6 Å². The molecule has 8 heteroatoms. The number of hydrogen-bond acceptors (Lipinski definition) is 6. The van der Waals surface area contributed by atoms with Crippen molar-refractivity contribution in [2.75, 3.05) is 18.1 Å². The molecule has 0 aromatic carbocycles. The predicted molar refractivity (Wildman–Crippen MR) is 81.0 cm³/mol. The number of aliphatic hydroxyl groups excluding tert-OH is 1. The number of nitro groups is 1. The zero-order valence-electron chi connectivity index (χ0n) is 11.6. The van der Waals surface area contributed by atoms with Crippen molar-refractivity contribution in [1.29, 1.82) is 0 Å². The zero-order chi connectivity index (χ0) is 14.8. The molecule has 7 nitrogen and oxygen atoms in total. The smallest absolute Gasteiger partial charge is 0.373 e. The molecule has 1 fully saturated rings. The fourth-order valence-corrected chi connectivity index (χ4v) is 3.79.